The van der Waals surface area contributed by atoms with Crippen molar-refractivity contribution in [1.82, 2.24) is 20.2 Å². The highest BCUT2D eigenvalue weighted by Crippen LogP contribution is 2.20. The second kappa shape index (κ2) is 7.60. The lowest BCUT2D eigenvalue weighted by Crippen LogP contribution is -2.38. The molecule has 0 aliphatic rings. The standard InChI is InChI=1S/C14H15BrN4O3S/c1-3-19-12(21)9-6-8(15)4-5-10(9)17-14(19)23-7-11(20)18-13(22)16-2/h4-6H,3,7H2,1-2H3,(H2,16,18,20,22). The fraction of sp³-hybridized carbons (Fsp3) is 0.286. The Kier molecular flexibility index (Phi) is 5.78. The molecule has 0 aliphatic heterocycles. The molecule has 3 amide bonds. The molecule has 23 heavy (non-hydrogen) atoms. The number of urea groups is 1. The zero-order valence-electron chi connectivity index (χ0n) is 12.6. The molecule has 1 aromatic heterocycles. The molecule has 122 valence electrons. The minimum atomic E-state index is -0.570. The average Bonchev–Trinajstić information content (AvgIpc) is 2.53. The largest absolute Gasteiger partial charge is 0.341 e. The van der Waals surface area contributed by atoms with Crippen molar-refractivity contribution in [1.29, 1.82) is 0 Å². The first kappa shape index (κ1) is 17.5. The number of nitrogens with one attached hydrogen (secondary N) is 2. The number of amides is 3. The van der Waals surface area contributed by atoms with Gasteiger partial charge in [0.1, 0.15) is 0 Å². The summed E-state index contributed by atoms with van der Waals surface area (Å²) in [6.07, 6.45) is 0. The Morgan fingerprint density at radius 1 is 1.39 bits per heavy atom. The van der Waals surface area contributed by atoms with E-state index in [4.69, 9.17) is 0 Å². The molecule has 0 fully saturated rings. The van der Waals surface area contributed by atoms with Crippen molar-refractivity contribution in [2.45, 2.75) is 18.6 Å². The topological polar surface area (TPSA) is 93.1 Å². The van der Waals surface area contributed by atoms with Crippen LogP contribution < -0.4 is 16.2 Å². The SMILES string of the molecule is CCn1c(SCC(=O)NC(=O)NC)nc2ccc(Br)cc2c1=O. The second-order valence-corrected chi connectivity index (χ2v) is 6.38. The van der Waals surface area contributed by atoms with E-state index in [0.29, 0.717) is 22.6 Å². The van der Waals surface area contributed by atoms with Crippen molar-refractivity contribution in [3.63, 3.8) is 0 Å². The van der Waals surface area contributed by atoms with E-state index in [1.165, 1.54) is 11.6 Å². The van der Waals surface area contributed by atoms with Crippen LogP contribution in [0.15, 0.2) is 32.6 Å². The molecule has 9 heteroatoms. The Balaban J connectivity index is 2.30. The average molecular weight is 399 g/mol. The Morgan fingerprint density at radius 2 is 2.13 bits per heavy atom. The molecular weight excluding hydrogens is 384 g/mol. The van der Waals surface area contributed by atoms with Gasteiger partial charge in [-0.3, -0.25) is 19.5 Å². The Hall–Kier alpha value is -1.87. The van der Waals surface area contributed by atoms with Crippen LogP contribution in [0.2, 0.25) is 0 Å². The lowest BCUT2D eigenvalue weighted by molar-refractivity contribution is -0.117. The summed E-state index contributed by atoms with van der Waals surface area (Å²) < 4.78 is 2.31. The van der Waals surface area contributed by atoms with Gasteiger partial charge >= 0.3 is 6.03 Å². The minimum absolute atomic E-state index is 0.0120. The predicted octanol–water partition coefficient (Wildman–Crippen LogP) is 1.73. The lowest BCUT2D eigenvalue weighted by Gasteiger charge is -2.11. The predicted molar refractivity (Wildman–Crippen MR) is 92.7 cm³/mol. The molecule has 0 bridgehead atoms. The first-order valence-electron chi connectivity index (χ1n) is 6.80. The highest BCUT2D eigenvalue weighted by atomic mass is 79.9. The second-order valence-electron chi connectivity index (χ2n) is 4.52. The summed E-state index contributed by atoms with van der Waals surface area (Å²) in [5, 5.41) is 5.42. The summed E-state index contributed by atoms with van der Waals surface area (Å²) in [6, 6.07) is 4.71. The van der Waals surface area contributed by atoms with E-state index >= 15 is 0 Å². The zero-order valence-corrected chi connectivity index (χ0v) is 15.0. The third kappa shape index (κ3) is 4.11. The van der Waals surface area contributed by atoms with E-state index in [-0.39, 0.29) is 11.3 Å². The third-order valence-electron chi connectivity index (χ3n) is 3.01. The van der Waals surface area contributed by atoms with Gasteiger partial charge in [-0.25, -0.2) is 9.78 Å². The van der Waals surface area contributed by atoms with E-state index in [2.05, 4.69) is 31.5 Å². The van der Waals surface area contributed by atoms with Crippen molar-refractivity contribution < 1.29 is 9.59 Å². The molecule has 1 aromatic carbocycles. The van der Waals surface area contributed by atoms with Gasteiger partial charge in [0.15, 0.2) is 5.16 Å². The van der Waals surface area contributed by atoms with Crippen LogP contribution in [0.3, 0.4) is 0 Å². The van der Waals surface area contributed by atoms with Gasteiger partial charge in [-0.05, 0) is 25.1 Å². The fourth-order valence-corrected chi connectivity index (χ4v) is 3.14. The van der Waals surface area contributed by atoms with Gasteiger partial charge in [-0.15, -0.1) is 0 Å². The fourth-order valence-electron chi connectivity index (χ4n) is 1.92. The molecule has 0 aliphatic carbocycles. The number of carbonyl (C=O) groups is 2. The molecule has 0 unspecified atom stereocenters. The number of hydrogen-bond acceptors (Lipinski definition) is 5. The van der Waals surface area contributed by atoms with Crippen LogP contribution in [0.25, 0.3) is 10.9 Å². The molecule has 2 rings (SSSR count). The van der Waals surface area contributed by atoms with Crippen LogP contribution in [0.4, 0.5) is 4.79 Å². The number of aromatic nitrogens is 2. The highest BCUT2D eigenvalue weighted by Gasteiger charge is 2.13. The summed E-state index contributed by atoms with van der Waals surface area (Å²) in [6.45, 7) is 2.27. The van der Waals surface area contributed by atoms with Crippen molar-refractivity contribution in [2.24, 2.45) is 0 Å². The maximum Gasteiger partial charge on any atom is 0.321 e. The molecule has 2 aromatic rings. The molecule has 1 heterocycles. The first-order chi connectivity index (χ1) is 11.0. The van der Waals surface area contributed by atoms with Crippen molar-refractivity contribution in [3.05, 3.63) is 33.0 Å². The van der Waals surface area contributed by atoms with Gasteiger partial charge in [0.2, 0.25) is 5.91 Å². The molecule has 0 atom stereocenters. The summed E-state index contributed by atoms with van der Waals surface area (Å²) in [4.78, 5) is 39.7. The molecular formula is C14H15BrN4O3S. The van der Waals surface area contributed by atoms with E-state index in [1.54, 1.807) is 18.2 Å². The number of hydrogen-bond donors (Lipinski definition) is 2. The maximum absolute atomic E-state index is 12.5. The number of carbonyl (C=O) groups excluding carboxylic acids is 2. The number of thioether (sulfide) groups is 1. The lowest BCUT2D eigenvalue weighted by atomic mass is 10.2. The van der Waals surface area contributed by atoms with E-state index in [9.17, 15) is 14.4 Å². The van der Waals surface area contributed by atoms with Crippen molar-refractivity contribution in [3.8, 4) is 0 Å². The summed E-state index contributed by atoms with van der Waals surface area (Å²) >= 11 is 4.45. The van der Waals surface area contributed by atoms with Crippen LogP contribution >= 0.6 is 27.7 Å². The molecule has 7 nitrogen and oxygen atoms in total. The summed E-state index contributed by atoms with van der Waals surface area (Å²) in [5.74, 6) is -0.468. The van der Waals surface area contributed by atoms with Crippen LogP contribution in [0.5, 0.6) is 0 Å². The number of nitrogens with zero attached hydrogens (tertiary/aromatic N) is 2. The normalized spacial score (nSPS) is 10.6. The molecule has 0 spiro atoms. The highest BCUT2D eigenvalue weighted by molar-refractivity contribution is 9.10. The van der Waals surface area contributed by atoms with Gasteiger partial charge < -0.3 is 5.32 Å². The van der Waals surface area contributed by atoms with Crippen LogP contribution in [0, 0.1) is 0 Å². The molecule has 0 saturated heterocycles. The van der Waals surface area contributed by atoms with Gasteiger partial charge in [0.25, 0.3) is 5.56 Å². The molecule has 2 N–H and O–H groups in total. The number of halogens is 1. The Labute approximate surface area is 145 Å². The Morgan fingerprint density at radius 3 is 2.78 bits per heavy atom. The smallest absolute Gasteiger partial charge is 0.321 e. The third-order valence-corrected chi connectivity index (χ3v) is 4.48. The Bertz CT molecular complexity index is 822. The van der Waals surface area contributed by atoms with Gasteiger partial charge in [0.05, 0.1) is 16.7 Å². The molecule has 0 radical (unpaired) electrons. The van der Waals surface area contributed by atoms with Gasteiger partial charge in [-0.2, -0.15) is 0 Å². The van der Waals surface area contributed by atoms with E-state index in [0.717, 1.165) is 16.2 Å². The minimum Gasteiger partial charge on any atom is -0.341 e. The van der Waals surface area contributed by atoms with Crippen molar-refractivity contribution >= 4 is 50.5 Å². The zero-order chi connectivity index (χ0) is 17.0. The van der Waals surface area contributed by atoms with Crippen molar-refractivity contribution in [2.75, 3.05) is 12.8 Å². The maximum atomic E-state index is 12.5. The van der Waals surface area contributed by atoms with Crippen LogP contribution in [-0.4, -0.2) is 34.3 Å². The van der Waals surface area contributed by atoms with Crippen LogP contribution in [0.1, 0.15) is 6.92 Å². The number of fused-ring (bicyclic) bond motifs is 1. The monoisotopic (exact) mass is 398 g/mol. The number of imide groups is 1. The number of benzene rings is 1. The van der Waals surface area contributed by atoms with Gasteiger partial charge in [0, 0.05) is 18.1 Å². The van der Waals surface area contributed by atoms with Gasteiger partial charge in [-0.1, -0.05) is 27.7 Å². The number of rotatable bonds is 4. The van der Waals surface area contributed by atoms with E-state index < -0.39 is 11.9 Å². The quantitative estimate of drug-likeness (QED) is 0.604. The summed E-state index contributed by atoms with van der Waals surface area (Å²) in [5.41, 5.74) is 0.408. The first-order valence-corrected chi connectivity index (χ1v) is 8.58. The van der Waals surface area contributed by atoms with Crippen LogP contribution in [-0.2, 0) is 11.3 Å². The van der Waals surface area contributed by atoms with E-state index in [1.807, 2.05) is 6.92 Å². The molecule has 0 saturated carbocycles. The summed E-state index contributed by atoms with van der Waals surface area (Å²) in [7, 11) is 1.42.